The SMILES string of the molecule is CCOC(=O)N1CCN(C(=O)C(C)n2cc(NC(=O)c3ccc(COc4cccc(Cl)c4Cl)o3)c(C)n2)CC1. The average molecular weight is 578 g/mol. The second kappa shape index (κ2) is 12.4. The molecule has 1 aromatic carbocycles. The Kier molecular flexibility index (Phi) is 9.03. The number of rotatable bonds is 8. The Morgan fingerprint density at radius 3 is 2.54 bits per heavy atom. The maximum Gasteiger partial charge on any atom is 0.409 e. The minimum atomic E-state index is -0.603. The number of furan rings is 1. The third-order valence-corrected chi connectivity index (χ3v) is 7.01. The molecule has 0 saturated carbocycles. The summed E-state index contributed by atoms with van der Waals surface area (Å²) in [5.74, 6) is 0.305. The van der Waals surface area contributed by atoms with Crippen LogP contribution in [0, 0.1) is 6.92 Å². The van der Waals surface area contributed by atoms with Crippen molar-refractivity contribution >= 4 is 46.8 Å². The van der Waals surface area contributed by atoms with E-state index >= 15 is 0 Å². The van der Waals surface area contributed by atoms with Gasteiger partial charge in [0, 0.05) is 32.4 Å². The van der Waals surface area contributed by atoms with Gasteiger partial charge in [-0.2, -0.15) is 5.10 Å². The molecule has 3 amide bonds. The van der Waals surface area contributed by atoms with E-state index in [1.54, 1.807) is 61.0 Å². The van der Waals surface area contributed by atoms with Gasteiger partial charge >= 0.3 is 6.09 Å². The molecule has 11 nitrogen and oxygen atoms in total. The summed E-state index contributed by atoms with van der Waals surface area (Å²) in [5.41, 5.74) is 0.993. The van der Waals surface area contributed by atoms with Gasteiger partial charge in [-0.3, -0.25) is 14.3 Å². The number of aryl methyl sites for hydroxylation is 1. The number of carbonyl (C=O) groups is 3. The fourth-order valence-corrected chi connectivity index (χ4v) is 4.36. The van der Waals surface area contributed by atoms with Gasteiger partial charge in [0.15, 0.2) is 5.76 Å². The molecule has 1 fully saturated rings. The van der Waals surface area contributed by atoms with Crippen LogP contribution in [-0.2, 0) is 16.1 Å². The Morgan fingerprint density at radius 1 is 1.10 bits per heavy atom. The van der Waals surface area contributed by atoms with Crippen LogP contribution in [0.5, 0.6) is 5.75 Å². The molecule has 0 aliphatic carbocycles. The quantitative estimate of drug-likeness (QED) is 0.409. The number of ether oxygens (including phenoxy) is 2. The predicted molar refractivity (Wildman–Crippen MR) is 144 cm³/mol. The van der Waals surface area contributed by atoms with E-state index in [0.29, 0.717) is 65.7 Å². The molecule has 0 radical (unpaired) electrons. The van der Waals surface area contributed by atoms with Crippen LogP contribution >= 0.6 is 23.2 Å². The van der Waals surface area contributed by atoms with Gasteiger partial charge in [-0.25, -0.2) is 4.79 Å². The first-order valence-electron chi connectivity index (χ1n) is 12.4. The summed E-state index contributed by atoms with van der Waals surface area (Å²) >= 11 is 12.1. The summed E-state index contributed by atoms with van der Waals surface area (Å²) in [6, 6.07) is 7.62. The molecule has 4 rings (SSSR count). The molecular weight excluding hydrogens is 549 g/mol. The lowest BCUT2D eigenvalue weighted by atomic mass is 10.2. The maximum absolute atomic E-state index is 13.1. The Hall–Kier alpha value is -3.70. The normalized spacial score (nSPS) is 14.2. The van der Waals surface area contributed by atoms with Crippen LogP contribution in [0.3, 0.4) is 0 Å². The Balaban J connectivity index is 1.33. The third-order valence-electron chi connectivity index (χ3n) is 6.21. The molecule has 1 atom stereocenters. The van der Waals surface area contributed by atoms with E-state index in [0.717, 1.165) is 0 Å². The van der Waals surface area contributed by atoms with Crippen molar-refractivity contribution in [3.8, 4) is 5.75 Å². The number of amides is 3. The number of carbonyl (C=O) groups excluding carboxylic acids is 3. The van der Waals surface area contributed by atoms with Crippen molar-refractivity contribution in [3.05, 3.63) is 63.8 Å². The first-order chi connectivity index (χ1) is 18.7. The lowest BCUT2D eigenvalue weighted by Crippen LogP contribution is -2.52. The fourth-order valence-electron chi connectivity index (χ4n) is 4.01. The largest absolute Gasteiger partial charge is 0.484 e. The number of benzene rings is 1. The highest BCUT2D eigenvalue weighted by atomic mass is 35.5. The molecule has 1 unspecified atom stereocenters. The summed E-state index contributed by atoms with van der Waals surface area (Å²) in [4.78, 5) is 41.1. The van der Waals surface area contributed by atoms with Gasteiger partial charge in [-0.1, -0.05) is 29.3 Å². The number of nitrogens with one attached hydrogen (secondary N) is 1. The summed E-state index contributed by atoms with van der Waals surface area (Å²) in [6.07, 6.45) is 1.24. The zero-order valence-corrected chi connectivity index (χ0v) is 23.3. The highest BCUT2D eigenvalue weighted by molar-refractivity contribution is 6.42. The number of hydrogen-bond acceptors (Lipinski definition) is 7. The topological polar surface area (TPSA) is 119 Å². The van der Waals surface area contributed by atoms with Crippen LogP contribution in [-0.4, -0.2) is 70.3 Å². The van der Waals surface area contributed by atoms with Crippen LogP contribution in [0.25, 0.3) is 0 Å². The minimum Gasteiger partial charge on any atom is -0.484 e. The summed E-state index contributed by atoms with van der Waals surface area (Å²) in [5, 5.41) is 7.86. The van der Waals surface area contributed by atoms with Crippen LogP contribution in [0.4, 0.5) is 10.5 Å². The molecule has 3 heterocycles. The summed E-state index contributed by atoms with van der Waals surface area (Å²) < 4.78 is 17.8. The molecule has 13 heteroatoms. The van der Waals surface area contributed by atoms with E-state index in [1.807, 2.05) is 0 Å². The monoisotopic (exact) mass is 577 g/mol. The van der Waals surface area contributed by atoms with Crippen molar-refractivity contribution in [2.45, 2.75) is 33.4 Å². The zero-order chi connectivity index (χ0) is 28.1. The standard InChI is InChI=1S/C26H29Cl2N5O6/c1-4-37-26(36)32-12-10-31(11-13-32)25(35)17(3)33-14-20(16(2)30-33)29-24(34)22-9-8-18(39-22)15-38-21-7-5-6-19(27)23(21)28/h5-9,14,17H,4,10-13,15H2,1-3H3,(H,29,34). The molecular formula is C26H29Cl2N5O6. The lowest BCUT2D eigenvalue weighted by molar-refractivity contribution is -0.136. The fraction of sp³-hybridized carbons (Fsp3) is 0.385. The van der Waals surface area contributed by atoms with E-state index in [9.17, 15) is 14.4 Å². The van der Waals surface area contributed by atoms with Gasteiger partial charge in [0.2, 0.25) is 5.91 Å². The number of anilines is 1. The Bertz CT molecular complexity index is 1350. The van der Waals surface area contributed by atoms with Gasteiger partial charge in [0.05, 0.1) is 23.0 Å². The van der Waals surface area contributed by atoms with Gasteiger partial charge in [0.25, 0.3) is 5.91 Å². The van der Waals surface area contributed by atoms with Crippen LogP contribution in [0.1, 0.15) is 41.9 Å². The highest BCUT2D eigenvalue weighted by Gasteiger charge is 2.29. The highest BCUT2D eigenvalue weighted by Crippen LogP contribution is 2.32. The van der Waals surface area contributed by atoms with E-state index in [-0.39, 0.29) is 24.4 Å². The van der Waals surface area contributed by atoms with E-state index in [1.165, 1.54) is 10.7 Å². The van der Waals surface area contributed by atoms with Crippen LogP contribution < -0.4 is 10.1 Å². The van der Waals surface area contributed by atoms with Gasteiger partial charge in [0.1, 0.15) is 29.2 Å². The van der Waals surface area contributed by atoms with E-state index < -0.39 is 11.9 Å². The smallest absolute Gasteiger partial charge is 0.409 e. The molecule has 1 aliphatic rings. The molecule has 1 N–H and O–H groups in total. The molecule has 39 heavy (non-hydrogen) atoms. The lowest BCUT2D eigenvalue weighted by Gasteiger charge is -2.35. The van der Waals surface area contributed by atoms with Crippen molar-refractivity contribution in [2.75, 3.05) is 38.1 Å². The molecule has 3 aromatic rings. The van der Waals surface area contributed by atoms with E-state index in [4.69, 9.17) is 37.1 Å². The average Bonchev–Trinajstić information content (AvgIpc) is 3.55. The van der Waals surface area contributed by atoms with Gasteiger partial charge < -0.3 is 29.0 Å². The minimum absolute atomic E-state index is 0.0535. The number of nitrogens with zero attached hydrogens (tertiary/aromatic N) is 4. The summed E-state index contributed by atoms with van der Waals surface area (Å²) in [7, 11) is 0. The van der Waals surface area contributed by atoms with E-state index in [2.05, 4.69) is 10.4 Å². The number of hydrogen-bond donors (Lipinski definition) is 1. The van der Waals surface area contributed by atoms with Crippen molar-refractivity contribution in [3.63, 3.8) is 0 Å². The molecule has 0 spiro atoms. The van der Waals surface area contributed by atoms with Gasteiger partial charge in [-0.15, -0.1) is 0 Å². The summed E-state index contributed by atoms with van der Waals surface area (Å²) in [6.45, 7) is 7.20. The molecule has 208 valence electrons. The first kappa shape index (κ1) is 28.3. The molecule has 0 bridgehead atoms. The number of piperazine rings is 1. The Morgan fingerprint density at radius 2 is 1.82 bits per heavy atom. The van der Waals surface area contributed by atoms with Crippen molar-refractivity contribution in [1.29, 1.82) is 0 Å². The zero-order valence-electron chi connectivity index (χ0n) is 21.8. The van der Waals surface area contributed by atoms with Crippen molar-refractivity contribution in [1.82, 2.24) is 19.6 Å². The second-order valence-corrected chi connectivity index (χ2v) is 9.64. The first-order valence-corrected chi connectivity index (χ1v) is 13.2. The number of aromatic nitrogens is 2. The second-order valence-electron chi connectivity index (χ2n) is 8.86. The molecule has 1 aliphatic heterocycles. The maximum atomic E-state index is 13.1. The third kappa shape index (κ3) is 6.66. The number of halogens is 2. The van der Waals surface area contributed by atoms with Crippen molar-refractivity contribution < 1.29 is 28.3 Å². The van der Waals surface area contributed by atoms with Crippen LogP contribution in [0.2, 0.25) is 10.0 Å². The van der Waals surface area contributed by atoms with Crippen molar-refractivity contribution in [2.24, 2.45) is 0 Å². The molecule has 2 aromatic heterocycles. The Labute approximate surface area is 235 Å². The van der Waals surface area contributed by atoms with Gasteiger partial charge in [-0.05, 0) is 45.0 Å². The predicted octanol–water partition coefficient (Wildman–Crippen LogP) is 4.78. The molecule has 1 saturated heterocycles. The van der Waals surface area contributed by atoms with Crippen LogP contribution in [0.15, 0.2) is 40.9 Å².